The molecular weight excluding hydrogens is 136 g/mol. The molecule has 0 aliphatic carbocycles. The molecule has 48 valence electrons. The van der Waals surface area contributed by atoms with Gasteiger partial charge in [0.05, 0.1) is 0 Å². The highest BCUT2D eigenvalue weighted by Gasteiger charge is 2.05. The van der Waals surface area contributed by atoms with Crippen molar-refractivity contribution < 1.29 is 0 Å². The second-order valence-electron chi connectivity index (χ2n) is 2.11. The maximum Gasteiger partial charge on any atom is 0.0109 e. The van der Waals surface area contributed by atoms with Gasteiger partial charge in [0, 0.05) is 11.0 Å². The van der Waals surface area contributed by atoms with Gasteiger partial charge in [0.25, 0.3) is 0 Å². The van der Waals surface area contributed by atoms with Crippen molar-refractivity contribution in [2.75, 3.05) is 17.3 Å². The van der Waals surface area contributed by atoms with E-state index in [-0.39, 0.29) is 0 Å². The van der Waals surface area contributed by atoms with Gasteiger partial charge in [-0.2, -0.15) is 23.5 Å². The molecular formula is C6H12S2. The largest absolute Gasteiger partial charge is 0.161 e. The molecule has 8 heavy (non-hydrogen) atoms. The van der Waals surface area contributed by atoms with E-state index < -0.39 is 0 Å². The monoisotopic (exact) mass is 148 g/mol. The van der Waals surface area contributed by atoms with E-state index in [1.165, 1.54) is 23.7 Å². The average Bonchev–Trinajstić information content (AvgIpc) is 1.94. The summed E-state index contributed by atoms with van der Waals surface area (Å²) in [6.07, 6.45) is 1.42. The summed E-state index contributed by atoms with van der Waals surface area (Å²) >= 11 is 4.22. The Kier molecular flexibility index (Phi) is 3.13. The fourth-order valence-electron chi connectivity index (χ4n) is 0.743. The summed E-state index contributed by atoms with van der Waals surface area (Å²) in [6.45, 7) is 2.32. The molecule has 1 atom stereocenters. The Morgan fingerprint density at radius 2 is 2.25 bits per heavy atom. The van der Waals surface area contributed by atoms with Crippen LogP contribution in [0.1, 0.15) is 13.3 Å². The molecule has 1 saturated heterocycles. The van der Waals surface area contributed by atoms with Crippen LogP contribution < -0.4 is 0 Å². The Labute approximate surface area is 59.8 Å². The summed E-state index contributed by atoms with van der Waals surface area (Å²) in [5.41, 5.74) is 0. The zero-order valence-corrected chi connectivity index (χ0v) is 6.86. The summed E-state index contributed by atoms with van der Waals surface area (Å²) in [6, 6.07) is 0. The minimum atomic E-state index is 0.905. The summed E-state index contributed by atoms with van der Waals surface area (Å²) in [7, 11) is 0. The van der Waals surface area contributed by atoms with E-state index in [1.807, 2.05) is 0 Å². The molecule has 1 unspecified atom stereocenters. The van der Waals surface area contributed by atoms with Crippen LogP contribution in [-0.4, -0.2) is 22.5 Å². The van der Waals surface area contributed by atoms with Gasteiger partial charge in [-0.3, -0.25) is 0 Å². The zero-order chi connectivity index (χ0) is 5.82. The first-order valence-corrected chi connectivity index (χ1v) is 5.29. The standard InChI is InChI=1S/C6H12S2/c1-6-5-7-3-2-4-8-6/h6H,2-5H2,1H3. The highest BCUT2D eigenvalue weighted by atomic mass is 32.2. The quantitative estimate of drug-likeness (QED) is 0.517. The number of hydrogen-bond donors (Lipinski definition) is 0. The van der Waals surface area contributed by atoms with Gasteiger partial charge in [0.1, 0.15) is 0 Å². The molecule has 1 aliphatic heterocycles. The fourth-order valence-corrected chi connectivity index (χ4v) is 3.16. The molecule has 1 rings (SSSR count). The Bertz CT molecular complexity index is 55.5. The molecule has 0 bridgehead atoms. The van der Waals surface area contributed by atoms with Gasteiger partial charge in [-0.25, -0.2) is 0 Å². The molecule has 0 N–H and O–H groups in total. The van der Waals surface area contributed by atoms with Crippen molar-refractivity contribution in [1.29, 1.82) is 0 Å². The van der Waals surface area contributed by atoms with E-state index in [0.717, 1.165) is 5.25 Å². The van der Waals surface area contributed by atoms with E-state index in [4.69, 9.17) is 0 Å². The van der Waals surface area contributed by atoms with E-state index in [2.05, 4.69) is 30.4 Å². The smallest absolute Gasteiger partial charge is 0.0109 e. The first kappa shape index (κ1) is 6.81. The highest BCUT2D eigenvalue weighted by Crippen LogP contribution is 2.22. The van der Waals surface area contributed by atoms with Crippen molar-refractivity contribution in [3.05, 3.63) is 0 Å². The third-order valence-electron chi connectivity index (χ3n) is 1.19. The van der Waals surface area contributed by atoms with Gasteiger partial charge in [0.2, 0.25) is 0 Å². The molecule has 1 fully saturated rings. The molecule has 1 aliphatic rings. The van der Waals surface area contributed by atoms with Gasteiger partial charge < -0.3 is 0 Å². The van der Waals surface area contributed by atoms with Crippen molar-refractivity contribution in [2.24, 2.45) is 0 Å². The van der Waals surface area contributed by atoms with Crippen LogP contribution in [0.25, 0.3) is 0 Å². The summed E-state index contributed by atoms with van der Waals surface area (Å²) in [5.74, 6) is 4.14. The second-order valence-corrected chi connectivity index (χ2v) is 4.81. The van der Waals surface area contributed by atoms with Crippen LogP contribution in [0, 0.1) is 0 Å². The topological polar surface area (TPSA) is 0 Å². The summed E-state index contributed by atoms with van der Waals surface area (Å²) in [5, 5.41) is 0.905. The summed E-state index contributed by atoms with van der Waals surface area (Å²) < 4.78 is 0. The fraction of sp³-hybridized carbons (Fsp3) is 1.00. The predicted octanol–water partition coefficient (Wildman–Crippen LogP) is 2.25. The van der Waals surface area contributed by atoms with Crippen LogP contribution in [0.4, 0.5) is 0 Å². The van der Waals surface area contributed by atoms with Crippen molar-refractivity contribution in [2.45, 2.75) is 18.6 Å². The lowest BCUT2D eigenvalue weighted by Gasteiger charge is -2.02. The Balaban J connectivity index is 2.17. The zero-order valence-electron chi connectivity index (χ0n) is 5.22. The molecule has 0 aromatic heterocycles. The molecule has 1 heterocycles. The van der Waals surface area contributed by atoms with E-state index in [1.54, 1.807) is 0 Å². The van der Waals surface area contributed by atoms with Crippen molar-refractivity contribution in [3.63, 3.8) is 0 Å². The van der Waals surface area contributed by atoms with Gasteiger partial charge >= 0.3 is 0 Å². The lowest BCUT2D eigenvalue weighted by atomic mass is 10.6. The normalized spacial score (nSPS) is 31.9. The Morgan fingerprint density at radius 3 is 3.12 bits per heavy atom. The third kappa shape index (κ3) is 2.31. The average molecular weight is 148 g/mol. The van der Waals surface area contributed by atoms with Crippen LogP contribution in [0.3, 0.4) is 0 Å². The minimum absolute atomic E-state index is 0.905. The first-order valence-electron chi connectivity index (χ1n) is 3.09. The minimum Gasteiger partial charge on any atom is -0.161 e. The van der Waals surface area contributed by atoms with Crippen molar-refractivity contribution >= 4 is 23.5 Å². The molecule has 0 nitrogen and oxygen atoms in total. The lowest BCUT2D eigenvalue weighted by molar-refractivity contribution is 1.12. The van der Waals surface area contributed by atoms with E-state index in [9.17, 15) is 0 Å². The van der Waals surface area contributed by atoms with Gasteiger partial charge in [0.15, 0.2) is 0 Å². The predicted molar refractivity (Wildman–Crippen MR) is 43.9 cm³/mol. The van der Waals surface area contributed by atoms with E-state index >= 15 is 0 Å². The Morgan fingerprint density at radius 1 is 1.38 bits per heavy atom. The number of hydrogen-bond acceptors (Lipinski definition) is 2. The van der Waals surface area contributed by atoms with Gasteiger partial charge in [-0.05, 0) is 17.9 Å². The van der Waals surface area contributed by atoms with Crippen LogP contribution in [0.2, 0.25) is 0 Å². The van der Waals surface area contributed by atoms with Crippen LogP contribution >= 0.6 is 23.5 Å². The molecule has 0 amide bonds. The number of thioether (sulfide) groups is 2. The second kappa shape index (κ2) is 3.67. The van der Waals surface area contributed by atoms with Crippen molar-refractivity contribution in [3.8, 4) is 0 Å². The highest BCUT2D eigenvalue weighted by molar-refractivity contribution is 8.03. The first-order chi connectivity index (χ1) is 3.89. The van der Waals surface area contributed by atoms with E-state index in [0.29, 0.717) is 0 Å². The lowest BCUT2D eigenvalue weighted by Crippen LogP contribution is -1.96. The van der Waals surface area contributed by atoms with Gasteiger partial charge in [-0.1, -0.05) is 6.92 Å². The maximum absolute atomic E-state index is 2.32. The maximum atomic E-state index is 2.32. The molecule has 0 radical (unpaired) electrons. The molecule has 2 heteroatoms. The Hall–Kier alpha value is 0.700. The van der Waals surface area contributed by atoms with Gasteiger partial charge in [-0.15, -0.1) is 0 Å². The van der Waals surface area contributed by atoms with Crippen molar-refractivity contribution in [1.82, 2.24) is 0 Å². The molecule has 0 saturated carbocycles. The van der Waals surface area contributed by atoms with Crippen LogP contribution in [0.15, 0.2) is 0 Å². The van der Waals surface area contributed by atoms with Crippen LogP contribution in [-0.2, 0) is 0 Å². The molecule has 0 spiro atoms. The molecule has 0 aromatic carbocycles. The number of rotatable bonds is 0. The third-order valence-corrected chi connectivity index (χ3v) is 3.97. The molecule has 0 aromatic rings. The summed E-state index contributed by atoms with van der Waals surface area (Å²) in [4.78, 5) is 0. The van der Waals surface area contributed by atoms with Crippen LogP contribution in [0.5, 0.6) is 0 Å². The SMILES string of the molecule is CC1CSCCCS1.